The number of halogens is 1. The first-order valence-electron chi connectivity index (χ1n) is 5.91. The van der Waals surface area contributed by atoms with Crippen LogP contribution in [0.25, 0.3) is 0 Å². The number of rotatable bonds is 4. The van der Waals surface area contributed by atoms with Crippen molar-refractivity contribution < 1.29 is 8.42 Å². The zero-order chi connectivity index (χ0) is 13.0. The summed E-state index contributed by atoms with van der Waals surface area (Å²) < 4.78 is 26.3. The first kappa shape index (κ1) is 13.6. The molecule has 1 atom stereocenters. The molecule has 2 N–H and O–H groups in total. The van der Waals surface area contributed by atoms with Crippen molar-refractivity contribution in [1.82, 2.24) is 10.3 Å². The average molecular weight is 290 g/mol. The molecule has 1 unspecified atom stereocenters. The third-order valence-corrected chi connectivity index (χ3v) is 4.41. The molecule has 1 aliphatic rings. The second-order valence-corrected chi connectivity index (χ2v) is 6.60. The van der Waals surface area contributed by atoms with E-state index in [4.69, 9.17) is 11.6 Å². The first-order valence-corrected chi connectivity index (χ1v) is 7.94. The van der Waals surface area contributed by atoms with Crippen LogP contribution in [0.4, 0.5) is 5.82 Å². The van der Waals surface area contributed by atoms with Gasteiger partial charge in [0.2, 0.25) is 10.0 Å². The SMILES string of the molecule is O=S(=O)(CC1CCCCN1)Nc1ccc(Cl)cn1. The number of hydrogen-bond donors (Lipinski definition) is 2. The van der Waals surface area contributed by atoms with E-state index in [2.05, 4.69) is 15.0 Å². The summed E-state index contributed by atoms with van der Waals surface area (Å²) in [7, 11) is -3.37. The fourth-order valence-electron chi connectivity index (χ4n) is 1.97. The molecule has 0 aromatic carbocycles. The Labute approximate surface area is 112 Å². The molecule has 0 bridgehead atoms. The van der Waals surface area contributed by atoms with Gasteiger partial charge in [0.25, 0.3) is 0 Å². The molecule has 100 valence electrons. The highest BCUT2D eigenvalue weighted by Crippen LogP contribution is 2.13. The maximum absolute atomic E-state index is 11.9. The van der Waals surface area contributed by atoms with Gasteiger partial charge in [-0.2, -0.15) is 0 Å². The minimum absolute atomic E-state index is 0.0311. The average Bonchev–Trinajstić information content (AvgIpc) is 2.32. The van der Waals surface area contributed by atoms with Crippen LogP contribution < -0.4 is 10.0 Å². The number of aromatic nitrogens is 1. The number of nitrogens with zero attached hydrogens (tertiary/aromatic N) is 1. The number of hydrogen-bond acceptors (Lipinski definition) is 4. The molecule has 18 heavy (non-hydrogen) atoms. The molecule has 0 aliphatic carbocycles. The number of piperidine rings is 1. The van der Waals surface area contributed by atoms with Gasteiger partial charge in [-0.05, 0) is 31.5 Å². The van der Waals surface area contributed by atoms with Crippen molar-refractivity contribution in [2.45, 2.75) is 25.3 Å². The van der Waals surface area contributed by atoms with Crippen molar-refractivity contribution in [3.8, 4) is 0 Å². The zero-order valence-corrected chi connectivity index (χ0v) is 11.5. The van der Waals surface area contributed by atoms with Crippen LogP contribution in [0.3, 0.4) is 0 Å². The van der Waals surface area contributed by atoms with E-state index in [1.807, 2.05) is 0 Å². The summed E-state index contributed by atoms with van der Waals surface area (Å²) in [6.45, 7) is 0.888. The second-order valence-electron chi connectivity index (χ2n) is 4.39. The molecule has 2 rings (SSSR count). The van der Waals surface area contributed by atoms with E-state index in [1.54, 1.807) is 12.1 Å². The zero-order valence-electron chi connectivity index (χ0n) is 9.89. The molecular formula is C11H16ClN3O2S. The molecule has 1 aromatic heterocycles. The Morgan fingerprint density at radius 2 is 2.28 bits per heavy atom. The van der Waals surface area contributed by atoms with Gasteiger partial charge in [-0.25, -0.2) is 13.4 Å². The standard InChI is InChI=1S/C11H16ClN3O2S/c12-9-4-5-11(14-7-9)15-18(16,17)8-10-3-1-2-6-13-10/h4-5,7,10,13H,1-3,6,8H2,(H,14,15). The highest BCUT2D eigenvalue weighted by molar-refractivity contribution is 7.92. The quantitative estimate of drug-likeness (QED) is 0.883. The molecule has 7 heteroatoms. The van der Waals surface area contributed by atoms with Gasteiger partial charge >= 0.3 is 0 Å². The fourth-order valence-corrected chi connectivity index (χ4v) is 3.42. The van der Waals surface area contributed by atoms with Crippen molar-refractivity contribution in [2.75, 3.05) is 17.0 Å². The maximum atomic E-state index is 11.9. The Kier molecular flexibility index (Phi) is 4.42. The summed E-state index contributed by atoms with van der Waals surface area (Å²) >= 11 is 5.69. The first-order chi connectivity index (χ1) is 8.55. The highest BCUT2D eigenvalue weighted by Gasteiger charge is 2.21. The lowest BCUT2D eigenvalue weighted by molar-refractivity contribution is 0.424. The third-order valence-electron chi connectivity index (χ3n) is 2.82. The van der Waals surface area contributed by atoms with Gasteiger partial charge in [0, 0.05) is 12.2 Å². The van der Waals surface area contributed by atoms with E-state index in [0.29, 0.717) is 10.8 Å². The maximum Gasteiger partial charge on any atom is 0.235 e. The molecule has 5 nitrogen and oxygen atoms in total. The summed E-state index contributed by atoms with van der Waals surface area (Å²) in [6, 6.07) is 3.18. The Balaban J connectivity index is 1.96. The lowest BCUT2D eigenvalue weighted by Gasteiger charge is -2.23. The molecule has 0 amide bonds. The lowest BCUT2D eigenvalue weighted by Crippen LogP contribution is -2.40. The van der Waals surface area contributed by atoms with Crippen LogP contribution in [0.15, 0.2) is 18.3 Å². The van der Waals surface area contributed by atoms with E-state index < -0.39 is 10.0 Å². The van der Waals surface area contributed by atoms with E-state index in [-0.39, 0.29) is 11.8 Å². The predicted octanol–water partition coefficient (Wildman–Crippen LogP) is 1.62. The fraction of sp³-hybridized carbons (Fsp3) is 0.545. The van der Waals surface area contributed by atoms with Crippen LogP contribution >= 0.6 is 11.6 Å². The van der Waals surface area contributed by atoms with Gasteiger partial charge in [0.1, 0.15) is 5.82 Å². The molecule has 1 saturated heterocycles. The molecule has 1 aliphatic heterocycles. The molecule has 0 radical (unpaired) electrons. The van der Waals surface area contributed by atoms with Crippen LogP contribution in [0, 0.1) is 0 Å². The molecule has 1 aromatic rings. The van der Waals surface area contributed by atoms with Crippen LogP contribution in [0.1, 0.15) is 19.3 Å². The molecule has 0 saturated carbocycles. The van der Waals surface area contributed by atoms with Gasteiger partial charge in [-0.15, -0.1) is 0 Å². The summed E-state index contributed by atoms with van der Waals surface area (Å²) in [6.07, 6.45) is 4.50. The minimum Gasteiger partial charge on any atom is -0.313 e. The predicted molar refractivity (Wildman–Crippen MR) is 72.3 cm³/mol. The van der Waals surface area contributed by atoms with Crippen LogP contribution in [-0.4, -0.2) is 31.7 Å². The van der Waals surface area contributed by atoms with Gasteiger partial charge in [0.05, 0.1) is 10.8 Å². The van der Waals surface area contributed by atoms with E-state index in [0.717, 1.165) is 25.8 Å². The van der Waals surface area contributed by atoms with Gasteiger partial charge < -0.3 is 5.32 Å². The molecule has 1 fully saturated rings. The van der Waals surface area contributed by atoms with Crippen molar-refractivity contribution in [1.29, 1.82) is 0 Å². The normalized spacial score (nSPS) is 20.6. The molecular weight excluding hydrogens is 274 g/mol. The number of nitrogens with one attached hydrogen (secondary N) is 2. The topological polar surface area (TPSA) is 71.1 Å². The monoisotopic (exact) mass is 289 g/mol. The Hall–Kier alpha value is -0.850. The summed E-state index contributed by atoms with van der Waals surface area (Å²) in [4.78, 5) is 3.91. The third kappa shape index (κ3) is 4.12. The van der Waals surface area contributed by atoms with Crippen LogP contribution in [-0.2, 0) is 10.0 Å². The molecule has 2 heterocycles. The lowest BCUT2D eigenvalue weighted by atomic mass is 10.1. The smallest absolute Gasteiger partial charge is 0.235 e. The van der Waals surface area contributed by atoms with Crippen LogP contribution in [0.5, 0.6) is 0 Å². The van der Waals surface area contributed by atoms with Crippen LogP contribution in [0.2, 0.25) is 5.02 Å². The molecule has 0 spiro atoms. The number of sulfonamides is 1. The largest absolute Gasteiger partial charge is 0.313 e. The van der Waals surface area contributed by atoms with Crippen molar-refractivity contribution in [3.05, 3.63) is 23.4 Å². The summed E-state index contributed by atoms with van der Waals surface area (Å²) in [5.41, 5.74) is 0. The van der Waals surface area contributed by atoms with Gasteiger partial charge in [0.15, 0.2) is 0 Å². The van der Waals surface area contributed by atoms with Crippen molar-refractivity contribution in [2.24, 2.45) is 0 Å². The summed E-state index contributed by atoms with van der Waals surface area (Å²) in [5.74, 6) is 0.382. The Bertz CT molecular complexity index is 484. The van der Waals surface area contributed by atoms with E-state index in [1.165, 1.54) is 6.20 Å². The van der Waals surface area contributed by atoms with Gasteiger partial charge in [-0.3, -0.25) is 4.72 Å². The van der Waals surface area contributed by atoms with E-state index in [9.17, 15) is 8.42 Å². The highest BCUT2D eigenvalue weighted by atomic mass is 35.5. The Morgan fingerprint density at radius 3 is 2.89 bits per heavy atom. The summed E-state index contributed by atoms with van der Waals surface area (Å²) in [5, 5.41) is 3.69. The van der Waals surface area contributed by atoms with E-state index >= 15 is 0 Å². The number of anilines is 1. The van der Waals surface area contributed by atoms with Crippen molar-refractivity contribution in [3.63, 3.8) is 0 Å². The van der Waals surface area contributed by atoms with Gasteiger partial charge in [-0.1, -0.05) is 18.0 Å². The second kappa shape index (κ2) is 5.86. The number of pyridine rings is 1. The Morgan fingerprint density at radius 1 is 1.44 bits per heavy atom. The minimum atomic E-state index is -3.37. The van der Waals surface area contributed by atoms with Crippen molar-refractivity contribution >= 4 is 27.4 Å².